The maximum absolute atomic E-state index is 14.0. The van der Waals surface area contributed by atoms with E-state index in [9.17, 15) is 40.2 Å². The van der Waals surface area contributed by atoms with Crippen LogP contribution in [0.15, 0.2) is 60.7 Å². The molecule has 4 aromatic rings. The number of nitrogens with zero attached hydrogens (tertiary/aromatic N) is 1. The van der Waals surface area contributed by atoms with Gasteiger partial charge >= 0.3 is 0 Å². The number of carbonyl (C=O) groups excluding carboxylic acids is 2. The number of anilines is 1. The average Bonchev–Trinajstić information content (AvgIpc) is 0.926. The van der Waals surface area contributed by atoms with E-state index in [1.807, 2.05) is 19.1 Å². The van der Waals surface area contributed by atoms with Gasteiger partial charge in [0.25, 0.3) is 11.8 Å². The molecule has 0 radical (unpaired) electrons. The lowest BCUT2D eigenvalue weighted by Crippen LogP contribution is -2.65. The zero-order chi connectivity index (χ0) is 60.6. The quantitative estimate of drug-likeness (QED) is 0.0153. The highest BCUT2D eigenvalue weighted by Gasteiger charge is 2.65. The van der Waals surface area contributed by atoms with Gasteiger partial charge in [-0.2, -0.15) is 0 Å². The molecule has 0 saturated heterocycles. The number of amides is 2. The molecule has 0 aromatic heterocycles. The fourth-order valence-electron chi connectivity index (χ4n) is 18.1. The highest BCUT2D eigenvalue weighted by Crippen LogP contribution is 2.69. The Balaban J connectivity index is 0.888. The van der Waals surface area contributed by atoms with Gasteiger partial charge in [-0.25, -0.2) is 0 Å². The van der Waals surface area contributed by atoms with E-state index in [1.165, 1.54) is 44.1 Å². The van der Waals surface area contributed by atoms with E-state index >= 15 is 0 Å². The lowest BCUT2D eigenvalue weighted by molar-refractivity contribution is -0.157. The van der Waals surface area contributed by atoms with E-state index in [1.54, 1.807) is 17.0 Å². The predicted molar refractivity (Wildman–Crippen MR) is 330 cm³/mol. The molecule has 3 aliphatic heterocycles. The summed E-state index contributed by atoms with van der Waals surface area (Å²) in [6, 6.07) is 15.9. The van der Waals surface area contributed by atoms with Crippen LogP contribution in [-0.4, -0.2) is 126 Å². The molecule has 4 aromatic carbocycles. The smallest absolute Gasteiger partial charge is 0.254 e. The van der Waals surface area contributed by atoms with Gasteiger partial charge in [0.15, 0.2) is 17.7 Å². The van der Waals surface area contributed by atoms with E-state index < -0.39 is 35.1 Å². The molecule has 11 atom stereocenters. The average molecular weight is 1200 g/mol. The Kier molecular flexibility index (Phi) is 18.5. The molecule has 5 aliphatic carbocycles. The van der Waals surface area contributed by atoms with Crippen LogP contribution in [0, 0.1) is 35.5 Å². The summed E-state index contributed by atoms with van der Waals surface area (Å²) in [5.41, 5.74) is 7.03. The Morgan fingerprint density at radius 3 is 2.36 bits per heavy atom. The Bertz CT molecular complexity index is 3160. The van der Waals surface area contributed by atoms with Crippen molar-refractivity contribution in [3.63, 3.8) is 0 Å². The van der Waals surface area contributed by atoms with Crippen LogP contribution in [0.1, 0.15) is 173 Å². The molecule has 470 valence electrons. The molecule has 3 heterocycles. The number of methoxy groups -OCH3 is 1. The van der Waals surface area contributed by atoms with Gasteiger partial charge in [0.2, 0.25) is 5.75 Å². The summed E-state index contributed by atoms with van der Waals surface area (Å²) >= 11 is 0. The predicted octanol–water partition coefficient (Wildman–Crippen LogP) is 9.37. The number of benzene rings is 4. The fraction of sp³-hybridized carbons (Fsp3) is 0.600. The van der Waals surface area contributed by atoms with Gasteiger partial charge < -0.3 is 65.0 Å². The molecule has 17 nitrogen and oxygen atoms in total. The highest BCUT2D eigenvalue weighted by atomic mass is 16.5. The van der Waals surface area contributed by atoms with Crippen LogP contribution in [0.3, 0.4) is 0 Å². The van der Waals surface area contributed by atoms with E-state index in [-0.39, 0.29) is 104 Å². The Morgan fingerprint density at radius 1 is 0.805 bits per heavy atom. The summed E-state index contributed by atoms with van der Waals surface area (Å²) in [5.74, 6) is 0.222. The first-order valence-corrected chi connectivity index (χ1v) is 32.8. The van der Waals surface area contributed by atoms with Gasteiger partial charge in [-0.15, -0.1) is 0 Å². The van der Waals surface area contributed by atoms with Crippen LogP contribution in [0.2, 0.25) is 0 Å². The van der Waals surface area contributed by atoms with Crippen molar-refractivity contribution in [1.82, 2.24) is 15.5 Å². The number of unbranched alkanes of at least 4 members (excludes halogenated alkanes) is 3. The third kappa shape index (κ3) is 11.0. The SMILES string of the molecule is CCCCCCNCCOc1cc(OCNCC)c2c3c1CCc1c-3c(cc3c1C(O)C(c1cc(OC)c(O)c(OCC(CO)C45CC(C6(N7C(=O)C=CC7=O)CCCCC6)CC6C(C(CO)CCCO)CC(CC64)c4ccccc45)c1)CO3)NC2O. The molecule has 2 amide bonds. The van der Waals surface area contributed by atoms with Crippen molar-refractivity contribution >= 4 is 17.5 Å². The van der Waals surface area contributed by atoms with Crippen LogP contribution in [0.5, 0.6) is 34.5 Å². The standard InChI is InChI=1S/C70H92N4O13/c1-4-6-7-13-24-72-25-27-84-55-34-57(87-40-71-5-2)65-64-47(55)18-19-48-62(64)54(73-68(65)82)33-56-63(48)66(80)51(39-86-56)43-30-58(83-3)67(81)59(31-43)85-38-45(37-77)70-35-44(69(22-11-8-12-23-69)74-60(78)20-21-61(74)79)32-50-49(41(36-76)15-14-26-75)28-42(29-53(50)70)46-16-9-10-17-52(46)70/h9-10,16-17,20-21,30-31,33-34,41-42,44-45,49-51,53,66,68,71-73,75-77,80-82H,4-8,11-15,18-19,22-29,32,35-40H2,1-3H3. The second-order valence-electron chi connectivity index (χ2n) is 26.2. The van der Waals surface area contributed by atoms with Crippen LogP contribution in [0.4, 0.5) is 5.69 Å². The monoisotopic (exact) mass is 1200 g/mol. The lowest BCUT2D eigenvalue weighted by Gasteiger charge is -2.66. The number of ether oxygens (including phenoxy) is 5. The number of hydrogen-bond acceptors (Lipinski definition) is 16. The molecule has 17 heteroatoms. The number of aliphatic hydroxyl groups is 5. The van der Waals surface area contributed by atoms with Crippen LogP contribution in [-0.2, 0) is 27.8 Å². The summed E-state index contributed by atoms with van der Waals surface area (Å²) in [6.45, 7) is 7.02. The van der Waals surface area contributed by atoms with Crippen molar-refractivity contribution in [3.8, 4) is 45.6 Å². The van der Waals surface area contributed by atoms with E-state index in [4.69, 9.17) is 23.7 Å². The van der Waals surface area contributed by atoms with E-state index in [0.29, 0.717) is 104 Å². The zero-order valence-electron chi connectivity index (χ0n) is 51.1. The molecule has 8 aliphatic rings. The molecule has 9 N–H and O–H groups in total. The molecule has 3 saturated carbocycles. The van der Waals surface area contributed by atoms with Crippen molar-refractivity contribution < 1.29 is 63.9 Å². The van der Waals surface area contributed by atoms with Crippen molar-refractivity contribution in [2.75, 3.05) is 78.4 Å². The maximum atomic E-state index is 14.0. The topological polar surface area (TPSA) is 241 Å². The summed E-state index contributed by atoms with van der Waals surface area (Å²) in [7, 11) is 1.48. The third-order valence-electron chi connectivity index (χ3n) is 22.0. The molecule has 12 rings (SSSR count). The molecule has 3 fully saturated rings. The second-order valence-corrected chi connectivity index (χ2v) is 26.2. The number of aliphatic hydroxyl groups excluding tert-OH is 5. The first-order chi connectivity index (χ1) is 42.4. The number of imide groups is 1. The molecule has 0 spiro atoms. The Hall–Kier alpha value is -5.92. The van der Waals surface area contributed by atoms with Gasteiger partial charge in [0.05, 0.1) is 44.1 Å². The maximum Gasteiger partial charge on any atom is 0.254 e. The van der Waals surface area contributed by atoms with Gasteiger partial charge in [0.1, 0.15) is 30.6 Å². The van der Waals surface area contributed by atoms with Crippen molar-refractivity contribution in [2.24, 2.45) is 35.5 Å². The number of fused-ring (bicyclic) bond motifs is 6. The first-order valence-electron chi connectivity index (χ1n) is 32.8. The van der Waals surface area contributed by atoms with Crippen LogP contribution >= 0.6 is 0 Å². The molecule has 2 bridgehead atoms. The van der Waals surface area contributed by atoms with Gasteiger partial charge in [-0.05, 0) is 154 Å². The van der Waals surface area contributed by atoms with E-state index in [2.05, 4.69) is 47.1 Å². The van der Waals surface area contributed by atoms with Crippen molar-refractivity contribution in [3.05, 3.63) is 99.6 Å². The number of nitrogens with one attached hydrogen (secondary N) is 3. The first kappa shape index (κ1) is 61.3. The van der Waals surface area contributed by atoms with Crippen molar-refractivity contribution in [2.45, 2.75) is 158 Å². The molecular formula is C70H92N4O13. The molecule has 11 unspecified atom stereocenters. The minimum Gasteiger partial charge on any atom is -0.502 e. The number of rotatable bonds is 27. The Labute approximate surface area is 512 Å². The third-order valence-corrected chi connectivity index (χ3v) is 22.0. The van der Waals surface area contributed by atoms with Crippen molar-refractivity contribution in [1.29, 1.82) is 0 Å². The minimum absolute atomic E-state index is 0.00868. The number of aromatic hydroxyl groups is 1. The molecular weight excluding hydrogens is 1100 g/mol. The largest absolute Gasteiger partial charge is 0.502 e. The van der Waals surface area contributed by atoms with Crippen LogP contribution in [0.25, 0.3) is 11.1 Å². The second kappa shape index (κ2) is 26.3. The zero-order valence-corrected chi connectivity index (χ0v) is 51.1. The van der Waals surface area contributed by atoms with Gasteiger partial charge in [-0.3, -0.25) is 19.8 Å². The summed E-state index contributed by atoms with van der Waals surface area (Å²) in [5, 5.41) is 80.6. The fourth-order valence-corrected chi connectivity index (χ4v) is 18.1. The summed E-state index contributed by atoms with van der Waals surface area (Å²) in [6.07, 6.45) is 15.0. The Morgan fingerprint density at radius 2 is 1.60 bits per heavy atom. The number of phenols is 1. The minimum atomic E-state index is -1.09. The van der Waals surface area contributed by atoms with Gasteiger partial charge in [-0.1, -0.05) is 76.6 Å². The van der Waals surface area contributed by atoms with E-state index in [0.717, 1.165) is 79.3 Å². The molecule has 87 heavy (non-hydrogen) atoms. The summed E-state index contributed by atoms with van der Waals surface area (Å²) in [4.78, 5) is 29.7. The summed E-state index contributed by atoms with van der Waals surface area (Å²) < 4.78 is 32.5. The number of carbonyl (C=O) groups is 2. The highest BCUT2D eigenvalue weighted by molar-refractivity contribution is 6.13. The number of hydrogen-bond donors (Lipinski definition) is 9. The van der Waals surface area contributed by atoms with Crippen LogP contribution < -0.4 is 39.6 Å². The normalized spacial score (nSPS) is 26.9. The number of phenolic OH excluding ortho intramolecular Hbond substituents is 1. The van der Waals surface area contributed by atoms with Gasteiger partial charge in [0, 0.05) is 89.2 Å². The lowest BCUT2D eigenvalue weighted by atomic mass is 9.40.